The summed E-state index contributed by atoms with van der Waals surface area (Å²) < 4.78 is 36.8. The molecule has 0 radical (unpaired) electrons. The average Bonchev–Trinajstić information content (AvgIpc) is 2.60. The Morgan fingerprint density at radius 3 is 2.76 bits per heavy atom. The van der Waals surface area contributed by atoms with E-state index in [9.17, 15) is 13.2 Å². The van der Waals surface area contributed by atoms with E-state index in [1.54, 1.807) is 0 Å². The number of aromatic amines is 1. The molecule has 0 aliphatic rings. The van der Waals surface area contributed by atoms with Crippen LogP contribution in [-0.2, 0) is 0 Å². The first-order valence-electron chi connectivity index (χ1n) is 4.61. The highest BCUT2D eigenvalue weighted by Gasteiger charge is 2.30. The predicted molar refractivity (Wildman–Crippen MR) is 55.4 cm³/mol. The molecule has 0 aliphatic carbocycles. The average molecular weight is 246 g/mol. The fourth-order valence-corrected chi connectivity index (χ4v) is 1.47. The highest BCUT2D eigenvalue weighted by atomic mass is 19.4. The van der Waals surface area contributed by atoms with Gasteiger partial charge in [-0.15, -0.1) is 0 Å². The van der Waals surface area contributed by atoms with Crippen LogP contribution >= 0.6 is 0 Å². The third-order valence-corrected chi connectivity index (χ3v) is 2.08. The summed E-state index contributed by atoms with van der Waals surface area (Å²) in [5.41, 5.74) is 5.71. The second-order valence-corrected chi connectivity index (χ2v) is 3.51. The Hall–Kier alpha value is -2.06. The first-order valence-corrected chi connectivity index (χ1v) is 4.61. The van der Waals surface area contributed by atoms with Gasteiger partial charge in [0.2, 0.25) is 5.95 Å². The number of H-pyrrole nitrogens is 1. The minimum Gasteiger partial charge on any atom is -0.368 e. The van der Waals surface area contributed by atoms with E-state index in [1.807, 2.05) is 0 Å². The molecule has 0 saturated heterocycles. The number of aromatic nitrogens is 4. The Bertz CT molecular complexity index is 534. The number of alkyl halides is 3. The fraction of sp³-hybridized carbons (Fsp3) is 0.375. The topological polar surface area (TPSA) is 83.7 Å². The van der Waals surface area contributed by atoms with Crippen LogP contribution in [0.2, 0.25) is 0 Å². The third-order valence-electron chi connectivity index (χ3n) is 2.08. The molecule has 0 bridgehead atoms. The predicted octanol–water partition coefficient (Wildman–Crippen LogP) is 0.934. The molecule has 0 aromatic carbocycles. The number of hydrogen-bond donors (Lipinski definition) is 2. The van der Waals surface area contributed by atoms with Crippen LogP contribution in [0, 0.1) is 0 Å². The molecule has 0 aliphatic heterocycles. The molecule has 0 fully saturated rings. The Kier molecular flexibility index (Phi) is 2.52. The highest BCUT2D eigenvalue weighted by Crippen LogP contribution is 2.25. The number of fused-ring (bicyclic) bond motifs is 1. The van der Waals surface area contributed by atoms with Crippen LogP contribution in [0.3, 0.4) is 0 Å². The van der Waals surface area contributed by atoms with Gasteiger partial charge in [-0.05, 0) is 0 Å². The van der Waals surface area contributed by atoms with Gasteiger partial charge in [0.25, 0.3) is 0 Å². The van der Waals surface area contributed by atoms with Gasteiger partial charge in [0.1, 0.15) is 12.4 Å². The fourth-order valence-electron chi connectivity index (χ4n) is 1.47. The van der Waals surface area contributed by atoms with Gasteiger partial charge >= 0.3 is 6.18 Å². The number of nitrogens with one attached hydrogen (secondary N) is 1. The number of nitrogen functional groups attached to an aromatic ring is 1. The minimum absolute atomic E-state index is 0.0959. The zero-order valence-electron chi connectivity index (χ0n) is 8.78. The molecule has 0 saturated carbocycles. The summed E-state index contributed by atoms with van der Waals surface area (Å²) in [4.78, 5) is 8.56. The van der Waals surface area contributed by atoms with Crippen molar-refractivity contribution in [1.82, 2.24) is 20.2 Å². The van der Waals surface area contributed by atoms with Crippen LogP contribution in [0.1, 0.15) is 0 Å². The van der Waals surface area contributed by atoms with Crippen molar-refractivity contribution in [3.63, 3.8) is 0 Å². The van der Waals surface area contributed by atoms with E-state index in [0.717, 1.165) is 4.90 Å². The Labute approximate surface area is 93.6 Å². The molecule has 0 spiro atoms. The van der Waals surface area contributed by atoms with E-state index < -0.39 is 12.7 Å². The molecule has 2 rings (SSSR count). The SMILES string of the molecule is CN(CC(F)(F)F)c1nc(N)nc2[nH]ncc12. The maximum atomic E-state index is 12.3. The van der Waals surface area contributed by atoms with E-state index >= 15 is 0 Å². The van der Waals surface area contributed by atoms with Gasteiger partial charge in [0.05, 0.1) is 11.6 Å². The number of hydrogen-bond acceptors (Lipinski definition) is 5. The molecule has 2 heterocycles. The zero-order valence-corrected chi connectivity index (χ0v) is 8.78. The molecule has 2 aromatic heterocycles. The van der Waals surface area contributed by atoms with Crippen molar-refractivity contribution in [2.75, 3.05) is 24.2 Å². The zero-order chi connectivity index (χ0) is 12.6. The second-order valence-electron chi connectivity index (χ2n) is 3.51. The summed E-state index contributed by atoms with van der Waals surface area (Å²) in [7, 11) is 1.28. The minimum atomic E-state index is -4.31. The summed E-state index contributed by atoms with van der Waals surface area (Å²) in [6, 6.07) is 0. The Balaban J connectivity index is 2.43. The quantitative estimate of drug-likeness (QED) is 0.823. The van der Waals surface area contributed by atoms with Crippen LogP contribution in [0.15, 0.2) is 6.20 Å². The van der Waals surface area contributed by atoms with Crippen LogP contribution < -0.4 is 10.6 Å². The van der Waals surface area contributed by atoms with Crippen molar-refractivity contribution >= 4 is 22.8 Å². The highest BCUT2D eigenvalue weighted by molar-refractivity contribution is 5.87. The Morgan fingerprint density at radius 1 is 1.41 bits per heavy atom. The molecule has 6 nitrogen and oxygen atoms in total. The normalized spacial score (nSPS) is 12.0. The first-order chi connectivity index (χ1) is 7.87. The van der Waals surface area contributed by atoms with Gasteiger partial charge in [-0.2, -0.15) is 28.2 Å². The van der Waals surface area contributed by atoms with Gasteiger partial charge in [0, 0.05) is 7.05 Å². The summed E-state index contributed by atoms with van der Waals surface area (Å²) in [6.45, 7) is -1.12. The second kappa shape index (κ2) is 3.75. The number of nitrogens with zero attached hydrogens (tertiary/aromatic N) is 4. The van der Waals surface area contributed by atoms with Crippen LogP contribution in [-0.4, -0.2) is 39.9 Å². The van der Waals surface area contributed by atoms with Gasteiger partial charge in [-0.3, -0.25) is 5.10 Å². The number of halogens is 3. The summed E-state index contributed by atoms with van der Waals surface area (Å²) >= 11 is 0. The van der Waals surface area contributed by atoms with E-state index in [2.05, 4.69) is 20.2 Å². The van der Waals surface area contributed by atoms with Gasteiger partial charge in [0.15, 0.2) is 5.65 Å². The van der Waals surface area contributed by atoms with Crippen molar-refractivity contribution in [2.24, 2.45) is 0 Å². The van der Waals surface area contributed by atoms with Gasteiger partial charge in [-0.1, -0.05) is 0 Å². The molecule has 0 atom stereocenters. The summed E-state index contributed by atoms with van der Waals surface area (Å²) in [5, 5.41) is 6.61. The van der Waals surface area contributed by atoms with Crippen molar-refractivity contribution in [3.05, 3.63) is 6.20 Å². The summed E-state index contributed by atoms with van der Waals surface area (Å²) in [5.74, 6) is -0.00986. The summed E-state index contributed by atoms with van der Waals surface area (Å²) in [6.07, 6.45) is -2.96. The molecular formula is C8H9F3N6. The Morgan fingerprint density at radius 2 is 2.12 bits per heavy atom. The number of rotatable bonds is 2. The molecule has 17 heavy (non-hydrogen) atoms. The largest absolute Gasteiger partial charge is 0.405 e. The lowest BCUT2D eigenvalue weighted by Gasteiger charge is -2.20. The molecule has 9 heteroatoms. The maximum Gasteiger partial charge on any atom is 0.405 e. The van der Waals surface area contributed by atoms with Crippen molar-refractivity contribution < 1.29 is 13.2 Å². The maximum absolute atomic E-state index is 12.3. The smallest absolute Gasteiger partial charge is 0.368 e. The molecular weight excluding hydrogens is 237 g/mol. The molecule has 0 unspecified atom stereocenters. The van der Waals surface area contributed by atoms with E-state index in [-0.39, 0.29) is 11.8 Å². The van der Waals surface area contributed by atoms with Crippen LogP contribution in [0.5, 0.6) is 0 Å². The van der Waals surface area contributed by atoms with E-state index in [4.69, 9.17) is 5.73 Å². The first kappa shape index (κ1) is 11.4. The molecule has 2 aromatic rings. The monoisotopic (exact) mass is 246 g/mol. The molecule has 3 N–H and O–H groups in total. The number of nitrogens with two attached hydrogens (primary N) is 1. The van der Waals surface area contributed by atoms with Gasteiger partial charge < -0.3 is 10.6 Å². The van der Waals surface area contributed by atoms with Crippen molar-refractivity contribution in [1.29, 1.82) is 0 Å². The lowest BCUT2D eigenvalue weighted by molar-refractivity contribution is -0.119. The van der Waals surface area contributed by atoms with Crippen molar-refractivity contribution in [3.8, 4) is 0 Å². The van der Waals surface area contributed by atoms with Crippen LogP contribution in [0.25, 0.3) is 11.0 Å². The molecule has 92 valence electrons. The van der Waals surface area contributed by atoms with Crippen molar-refractivity contribution in [2.45, 2.75) is 6.18 Å². The van der Waals surface area contributed by atoms with E-state index in [1.165, 1.54) is 13.2 Å². The molecule has 0 amide bonds. The lowest BCUT2D eigenvalue weighted by Crippen LogP contribution is -2.31. The van der Waals surface area contributed by atoms with Gasteiger partial charge in [-0.25, -0.2) is 0 Å². The van der Waals surface area contributed by atoms with E-state index in [0.29, 0.717) is 11.0 Å². The third kappa shape index (κ3) is 2.37. The lowest BCUT2D eigenvalue weighted by atomic mass is 10.3. The standard InChI is InChI=1S/C8H9F3N6/c1-17(3-8(9,10)11)6-4-2-13-16-5(4)14-7(12)15-6/h2H,3H2,1H3,(H3,12,13,14,15,16). The number of anilines is 2. The van der Waals surface area contributed by atoms with Crippen LogP contribution in [0.4, 0.5) is 24.9 Å².